The number of H-pyrrole nitrogens is 2. The predicted octanol–water partition coefficient (Wildman–Crippen LogP) is -0.389. The molecule has 0 aliphatic heterocycles. The highest BCUT2D eigenvalue weighted by atomic mass is 16.1. The third-order valence-corrected chi connectivity index (χ3v) is 2.37. The maximum Gasteiger partial charge on any atom is 0.262 e. The number of rotatable bonds is 1. The van der Waals surface area contributed by atoms with Crippen LogP contribution in [0.15, 0.2) is 33.9 Å². The van der Waals surface area contributed by atoms with E-state index in [0.29, 0.717) is 0 Å². The second-order valence-electron chi connectivity index (χ2n) is 3.86. The van der Waals surface area contributed by atoms with Crippen LogP contribution < -0.4 is 21.8 Å². The van der Waals surface area contributed by atoms with Gasteiger partial charge in [-0.1, -0.05) is 36.4 Å². The summed E-state index contributed by atoms with van der Waals surface area (Å²) in [6.07, 6.45) is 1.56. The van der Waals surface area contributed by atoms with Gasteiger partial charge >= 0.3 is 0 Å². The lowest BCUT2D eigenvalue weighted by atomic mass is 10.1. The Morgan fingerprint density at radius 2 is 1.82 bits per heavy atom. The minimum absolute atomic E-state index is 0.0861. The maximum absolute atomic E-state index is 11.6. The number of hydrogen-bond acceptors (Lipinski definition) is 2. The molecule has 1 aromatic carbocycles. The van der Waals surface area contributed by atoms with Crippen LogP contribution in [0.5, 0.6) is 0 Å². The normalized spacial score (nSPS) is 10.2. The second kappa shape index (κ2) is 4.25. The second-order valence-corrected chi connectivity index (χ2v) is 3.86. The summed E-state index contributed by atoms with van der Waals surface area (Å²) in [6, 6.07) is 7.56. The van der Waals surface area contributed by atoms with Crippen LogP contribution in [0.2, 0.25) is 0 Å². The van der Waals surface area contributed by atoms with Crippen molar-refractivity contribution < 1.29 is 0 Å². The van der Waals surface area contributed by atoms with Gasteiger partial charge in [0, 0.05) is 0 Å². The average Bonchev–Trinajstić information content (AvgIpc) is 2.23. The Labute approximate surface area is 97.0 Å². The van der Waals surface area contributed by atoms with E-state index in [2.05, 4.69) is 16.5 Å². The molecular formula is C13H12N2O2. The van der Waals surface area contributed by atoms with Gasteiger partial charge in [0.05, 0.1) is 0 Å². The summed E-state index contributed by atoms with van der Waals surface area (Å²) in [7, 11) is 0. The smallest absolute Gasteiger partial charge is 0.262 e. The first-order valence-electron chi connectivity index (χ1n) is 5.16. The number of benzene rings is 1. The number of aromatic amines is 2. The van der Waals surface area contributed by atoms with Gasteiger partial charge in [0.15, 0.2) is 0 Å². The fraction of sp³-hybridized carbons (Fsp3) is 0.0769. The van der Waals surface area contributed by atoms with Crippen LogP contribution >= 0.6 is 0 Å². The molecule has 1 aromatic heterocycles. The number of aryl methyl sites for hydroxylation is 1. The van der Waals surface area contributed by atoms with E-state index in [4.69, 9.17) is 0 Å². The van der Waals surface area contributed by atoms with Gasteiger partial charge in [0.2, 0.25) is 0 Å². The van der Waals surface area contributed by atoms with Crippen molar-refractivity contribution in [1.82, 2.24) is 9.97 Å². The fourth-order valence-electron chi connectivity index (χ4n) is 1.60. The van der Waals surface area contributed by atoms with Crippen molar-refractivity contribution in [3.8, 4) is 0 Å². The Kier molecular flexibility index (Phi) is 2.78. The monoisotopic (exact) mass is 228 g/mol. The Morgan fingerprint density at radius 3 is 2.41 bits per heavy atom. The molecule has 2 N–H and O–H groups in total. The number of hydrogen-bond donors (Lipinski definition) is 2. The highest BCUT2D eigenvalue weighted by Crippen LogP contribution is 2.03. The van der Waals surface area contributed by atoms with Gasteiger partial charge in [-0.3, -0.25) is 9.59 Å². The van der Waals surface area contributed by atoms with Crippen LogP contribution in [0, 0.1) is 6.92 Å². The van der Waals surface area contributed by atoms with E-state index in [1.807, 2.05) is 31.2 Å². The first kappa shape index (κ1) is 11.1. The average molecular weight is 228 g/mol. The van der Waals surface area contributed by atoms with Gasteiger partial charge in [0.25, 0.3) is 11.1 Å². The SMILES string of the molecule is C=c1[nH]c(=O)c(=Cc2cccc(C)c2)c(=O)[nH]1. The van der Waals surface area contributed by atoms with Crippen LogP contribution in [-0.2, 0) is 0 Å². The third-order valence-electron chi connectivity index (χ3n) is 2.37. The van der Waals surface area contributed by atoms with Crippen LogP contribution in [-0.4, -0.2) is 9.97 Å². The molecule has 0 aliphatic carbocycles. The summed E-state index contributed by atoms with van der Waals surface area (Å²) in [5, 5.41) is 0.0861. The molecule has 0 bridgehead atoms. The fourth-order valence-corrected chi connectivity index (χ4v) is 1.60. The number of nitrogens with one attached hydrogen (secondary N) is 2. The first-order chi connectivity index (χ1) is 8.06. The van der Waals surface area contributed by atoms with Gasteiger partial charge in [-0.05, 0) is 18.6 Å². The molecule has 2 aromatic rings. The molecular weight excluding hydrogens is 216 g/mol. The summed E-state index contributed by atoms with van der Waals surface area (Å²) < 4.78 is 0. The standard InChI is InChI=1S/C13H12N2O2/c1-8-4-3-5-10(6-8)7-11-12(16)14-9(2)15-13(11)17/h3-7H,2H2,1H3,(H,14,16)(H,15,17). The van der Waals surface area contributed by atoms with Crippen molar-refractivity contribution in [3.63, 3.8) is 0 Å². The Morgan fingerprint density at radius 1 is 1.18 bits per heavy atom. The van der Waals surface area contributed by atoms with Crippen LogP contribution in [0.1, 0.15) is 11.1 Å². The van der Waals surface area contributed by atoms with Crippen molar-refractivity contribution in [3.05, 3.63) is 66.8 Å². The van der Waals surface area contributed by atoms with E-state index in [1.54, 1.807) is 6.08 Å². The maximum atomic E-state index is 11.6. The minimum atomic E-state index is -0.430. The summed E-state index contributed by atoms with van der Waals surface area (Å²) in [4.78, 5) is 28.1. The molecule has 4 heteroatoms. The van der Waals surface area contributed by atoms with Gasteiger partial charge in [-0.25, -0.2) is 0 Å². The highest BCUT2D eigenvalue weighted by Gasteiger charge is 1.96. The molecule has 0 unspecified atom stereocenters. The molecule has 1 heterocycles. The Bertz CT molecular complexity index is 732. The van der Waals surface area contributed by atoms with Crippen LogP contribution in [0.25, 0.3) is 12.7 Å². The third kappa shape index (κ3) is 2.42. The van der Waals surface area contributed by atoms with Crippen molar-refractivity contribution in [2.75, 3.05) is 0 Å². The van der Waals surface area contributed by atoms with E-state index < -0.39 is 11.1 Å². The molecule has 0 atom stereocenters. The lowest BCUT2D eigenvalue weighted by molar-refractivity contribution is 0.993. The van der Waals surface area contributed by atoms with E-state index in [9.17, 15) is 9.59 Å². The highest BCUT2D eigenvalue weighted by molar-refractivity contribution is 5.49. The van der Waals surface area contributed by atoms with Crippen molar-refractivity contribution in [2.45, 2.75) is 6.92 Å². The van der Waals surface area contributed by atoms with Crippen LogP contribution in [0.4, 0.5) is 0 Å². The van der Waals surface area contributed by atoms with Crippen molar-refractivity contribution >= 4 is 12.7 Å². The molecule has 17 heavy (non-hydrogen) atoms. The molecule has 0 spiro atoms. The lowest BCUT2D eigenvalue weighted by Gasteiger charge is -1.94. The van der Waals surface area contributed by atoms with Gasteiger partial charge in [-0.2, -0.15) is 0 Å². The molecule has 0 amide bonds. The van der Waals surface area contributed by atoms with E-state index in [0.717, 1.165) is 11.1 Å². The minimum Gasteiger partial charge on any atom is -0.308 e. The van der Waals surface area contributed by atoms with E-state index in [1.165, 1.54) is 0 Å². The van der Waals surface area contributed by atoms with Crippen LogP contribution in [0.3, 0.4) is 0 Å². The Balaban J connectivity index is 2.74. The van der Waals surface area contributed by atoms with Gasteiger partial charge < -0.3 is 9.97 Å². The topological polar surface area (TPSA) is 65.7 Å². The Hall–Kier alpha value is -2.36. The zero-order valence-corrected chi connectivity index (χ0v) is 9.41. The summed E-state index contributed by atoms with van der Waals surface area (Å²) in [5.41, 5.74) is 1.24. The molecule has 86 valence electrons. The summed E-state index contributed by atoms with van der Waals surface area (Å²) in [5.74, 6) is 0. The van der Waals surface area contributed by atoms with Crippen molar-refractivity contribution in [1.29, 1.82) is 0 Å². The predicted molar refractivity (Wildman–Crippen MR) is 67.2 cm³/mol. The molecule has 0 fully saturated rings. The largest absolute Gasteiger partial charge is 0.308 e. The zero-order chi connectivity index (χ0) is 12.4. The lowest BCUT2D eigenvalue weighted by Crippen LogP contribution is -2.47. The summed E-state index contributed by atoms with van der Waals surface area (Å²) >= 11 is 0. The molecule has 0 radical (unpaired) electrons. The molecule has 0 aliphatic rings. The first-order valence-corrected chi connectivity index (χ1v) is 5.16. The molecule has 0 saturated carbocycles. The van der Waals surface area contributed by atoms with E-state index in [-0.39, 0.29) is 10.7 Å². The van der Waals surface area contributed by atoms with Gasteiger partial charge in [-0.15, -0.1) is 0 Å². The number of aromatic nitrogens is 2. The zero-order valence-electron chi connectivity index (χ0n) is 9.41. The molecule has 0 saturated heterocycles. The molecule has 4 nitrogen and oxygen atoms in total. The quantitative estimate of drug-likeness (QED) is 0.698. The van der Waals surface area contributed by atoms with E-state index >= 15 is 0 Å². The van der Waals surface area contributed by atoms with Crippen molar-refractivity contribution in [2.24, 2.45) is 0 Å². The summed E-state index contributed by atoms with van der Waals surface area (Å²) in [6.45, 7) is 5.43. The van der Waals surface area contributed by atoms with Gasteiger partial charge in [0.1, 0.15) is 10.7 Å². The molecule has 2 rings (SSSR count).